The van der Waals surface area contributed by atoms with Gasteiger partial charge in [-0.2, -0.15) is 13.2 Å². The van der Waals surface area contributed by atoms with Crippen molar-refractivity contribution >= 4 is 31.9 Å². The largest absolute Gasteiger partial charge is 0.417 e. The van der Waals surface area contributed by atoms with Crippen molar-refractivity contribution < 1.29 is 39.6 Å². The number of carbonyl (C=O) groups is 2. The Morgan fingerprint density at radius 1 is 0.917 bits per heavy atom. The molecule has 1 aromatic carbocycles. The summed E-state index contributed by atoms with van der Waals surface area (Å²) >= 11 is 0. The van der Waals surface area contributed by atoms with E-state index in [4.69, 9.17) is 0 Å². The van der Waals surface area contributed by atoms with Gasteiger partial charge in [-0.05, 0) is 18.2 Å². The molecule has 0 saturated heterocycles. The monoisotopic (exact) mass is 388 g/mol. The number of halogens is 3. The van der Waals surface area contributed by atoms with Crippen LogP contribution in [0, 0.1) is 0 Å². The number of sulfonamides is 2. The maximum Gasteiger partial charge on any atom is 0.417 e. The number of hydrogen-bond acceptors (Lipinski definition) is 6. The highest BCUT2D eigenvalue weighted by molar-refractivity contribution is 7.91. The third-order valence-electron chi connectivity index (χ3n) is 2.41. The van der Waals surface area contributed by atoms with Gasteiger partial charge in [0.15, 0.2) is 0 Å². The molecule has 1 rings (SSSR count). The van der Waals surface area contributed by atoms with Gasteiger partial charge in [-0.15, -0.1) is 0 Å². The molecule has 0 unspecified atom stereocenters. The Morgan fingerprint density at radius 2 is 1.38 bits per heavy atom. The van der Waals surface area contributed by atoms with Crippen molar-refractivity contribution in [3.63, 3.8) is 0 Å². The van der Waals surface area contributed by atoms with Gasteiger partial charge >= 0.3 is 6.18 Å². The highest BCUT2D eigenvalue weighted by Crippen LogP contribution is 2.35. The van der Waals surface area contributed by atoms with Gasteiger partial charge in [-0.25, -0.2) is 26.3 Å². The molecular formula is C11H11F3N2O6S2. The SMILES string of the molecule is CC(=O)NS(=O)(=O)c1ccc(C(F)(F)F)c(S(=O)(=O)NC(C)=O)c1. The molecule has 0 aliphatic carbocycles. The number of rotatable bonds is 4. The molecule has 0 aromatic heterocycles. The van der Waals surface area contributed by atoms with E-state index in [1.54, 1.807) is 0 Å². The minimum absolute atomic E-state index is 0.208. The van der Waals surface area contributed by atoms with Gasteiger partial charge in [0.2, 0.25) is 11.8 Å². The van der Waals surface area contributed by atoms with Crippen molar-refractivity contribution in [3.05, 3.63) is 23.8 Å². The van der Waals surface area contributed by atoms with E-state index in [1.807, 2.05) is 0 Å². The lowest BCUT2D eigenvalue weighted by Crippen LogP contribution is -2.31. The third-order valence-corrected chi connectivity index (χ3v) is 5.32. The molecule has 13 heteroatoms. The van der Waals surface area contributed by atoms with Crippen LogP contribution in [0.2, 0.25) is 0 Å². The molecule has 0 bridgehead atoms. The van der Waals surface area contributed by atoms with Crippen molar-refractivity contribution in [1.82, 2.24) is 9.44 Å². The maximum atomic E-state index is 13.0. The molecule has 1 aromatic rings. The second-order valence-corrected chi connectivity index (χ2v) is 7.81. The summed E-state index contributed by atoms with van der Waals surface area (Å²) in [6, 6.07) is 0.920. The standard InChI is InChI=1S/C11H11F3N2O6S2/c1-6(17)15-23(19,20)8-3-4-9(11(12,13)14)10(5-8)24(21,22)16-7(2)18/h3-5H,1-2H3,(H,15,17)(H,16,18). The van der Waals surface area contributed by atoms with Gasteiger partial charge < -0.3 is 0 Å². The summed E-state index contributed by atoms with van der Waals surface area (Å²) in [6.07, 6.45) is -5.13. The topological polar surface area (TPSA) is 126 Å². The lowest BCUT2D eigenvalue weighted by molar-refractivity contribution is -0.140. The van der Waals surface area contributed by atoms with E-state index in [0.717, 1.165) is 13.8 Å². The first-order valence-electron chi connectivity index (χ1n) is 5.95. The second-order valence-electron chi connectivity index (χ2n) is 4.48. The maximum absolute atomic E-state index is 13.0. The summed E-state index contributed by atoms with van der Waals surface area (Å²) in [5, 5.41) is 0. The number of benzene rings is 1. The Bertz CT molecular complexity index is 891. The zero-order valence-electron chi connectivity index (χ0n) is 12.1. The van der Waals surface area contributed by atoms with Crippen molar-refractivity contribution in [1.29, 1.82) is 0 Å². The average molecular weight is 388 g/mol. The summed E-state index contributed by atoms with van der Waals surface area (Å²) in [6.45, 7) is 1.60. The number of carbonyl (C=O) groups excluding carboxylic acids is 2. The number of amides is 2. The molecule has 8 nitrogen and oxygen atoms in total. The molecular weight excluding hydrogens is 377 g/mol. The molecule has 2 amide bonds. The summed E-state index contributed by atoms with van der Waals surface area (Å²) in [7, 11) is -9.56. The predicted octanol–water partition coefficient (Wildman–Crippen LogP) is 0.355. The summed E-state index contributed by atoms with van der Waals surface area (Å²) in [4.78, 5) is 19.4. The summed E-state index contributed by atoms with van der Waals surface area (Å²) in [5.41, 5.74) is -1.67. The van der Waals surface area contributed by atoms with E-state index < -0.39 is 53.4 Å². The van der Waals surface area contributed by atoms with E-state index in [1.165, 1.54) is 9.44 Å². The lowest BCUT2D eigenvalue weighted by atomic mass is 10.2. The molecule has 24 heavy (non-hydrogen) atoms. The Hall–Kier alpha value is -2.15. The van der Waals surface area contributed by atoms with Gasteiger partial charge in [0.05, 0.1) is 10.5 Å². The summed E-state index contributed by atoms with van der Waals surface area (Å²) < 4.78 is 89.1. The number of nitrogens with one attached hydrogen (secondary N) is 2. The van der Waals surface area contributed by atoms with Crippen molar-refractivity contribution in [2.75, 3.05) is 0 Å². The quantitative estimate of drug-likeness (QED) is 0.767. The van der Waals surface area contributed by atoms with Crippen molar-refractivity contribution in [2.24, 2.45) is 0 Å². The lowest BCUT2D eigenvalue weighted by Gasteiger charge is -2.15. The first-order chi connectivity index (χ1) is 10.7. The second kappa shape index (κ2) is 6.39. The van der Waals surface area contributed by atoms with Gasteiger partial charge in [-0.1, -0.05) is 0 Å². The molecule has 0 aliphatic rings. The Balaban J connectivity index is 3.68. The minimum Gasteiger partial charge on any atom is -0.274 e. The van der Waals surface area contributed by atoms with Crippen LogP contribution in [0.5, 0.6) is 0 Å². The fourth-order valence-electron chi connectivity index (χ4n) is 1.62. The van der Waals surface area contributed by atoms with E-state index in [9.17, 15) is 39.6 Å². The van der Waals surface area contributed by atoms with Crippen LogP contribution in [-0.2, 0) is 35.8 Å². The molecule has 0 saturated carbocycles. The number of hydrogen-bond donors (Lipinski definition) is 2. The highest BCUT2D eigenvalue weighted by atomic mass is 32.2. The molecule has 0 fully saturated rings. The van der Waals surface area contributed by atoms with E-state index in [0.29, 0.717) is 6.07 Å². The molecule has 0 spiro atoms. The van der Waals surface area contributed by atoms with Crippen LogP contribution < -0.4 is 9.44 Å². The van der Waals surface area contributed by atoms with Crippen LogP contribution >= 0.6 is 0 Å². The first-order valence-corrected chi connectivity index (χ1v) is 8.91. The van der Waals surface area contributed by atoms with Crippen molar-refractivity contribution in [2.45, 2.75) is 29.8 Å². The normalized spacial score (nSPS) is 12.5. The Kier molecular flexibility index (Phi) is 5.30. The molecule has 0 radical (unpaired) electrons. The van der Waals surface area contributed by atoms with Gasteiger partial charge in [-0.3, -0.25) is 9.59 Å². The smallest absolute Gasteiger partial charge is 0.274 e. The highest BCUT2D eigenvalue weighted by Gasteiger charge is 2.38. The van der Waals surface area contributed by atoms with E-state index in [-0.39, 0.29) is 12.1 Å². The zero-order valence-corrected chi connectivity index (χ0v) is 13.8. The zero-order chi connectivity index (χ0) is 18.9. The van der Waals surface area contributed by atoms with Crippen LogP contribution in [0.25, 0.3) is 0 Å². The van der Waals surface area contributed by atoms with Crippen LogP contribution in [0.4, 0.5) is 13.2 Å². The Morgan fingerprint density at radius 3 is 1.79 bits per heavy atom. The predicted molar refractivity (Wildman–Crippen MR) is 73.4 cm³/mol. The number of alkyl halides is 3. The third kappa shape index (κ3) is 4.67. The molecule has 0 atom stereocenters. The molecule has 2 N–H and O–H groups in total. The molecule has 0 aliphatic heterocycles. The van der Waals surface area contributed by atoms with Gasteiger partial charge in [0.1, 0.15) is 4.90 Å². The fourth-order valence-corrected chi connectivity index (χ4v) is 3.95. The minimum atomic E-state index is -5.13. The van der Waals surface area contributed by atoms with Gasteiger partial charge in [0.25, 0.3) is 20.0 Å². The average Bonchev–Trinajstić information content (AvgIpc) is 2.33. The Labute approximate surface area is 135 Å². The molecule has 134 valence electrons. The van der Waals surface area contributed by atoms with Crippen LogP contribution in [0.3, 0.4) is 0 Å². The van der Waals surface area contributed by atoms with Gasteiger partial charge in [0, 0.05) is 13.8 Å². The van der Waals surface area contributed by atoms with Crippen LogP contribution in [0.1, 0.15) is 19.4 Å². The first kappa shape index (κ1) is 19.9. The van der Waals surface area contributed by atoms with E-state index in [2.05, 4.69) is 0 Å². The fraction of sp³-hybridized carbons (Fsp3) is 0.273. The van der Waals surface area contributed by atoms with Crippen molar-refractivity contribution in [3.8, 4) is 0 Å². The molecule has 0 heterocycles. The van der Waals surface area contributed by atoms with E-state index >= 15 is 0 Å². The van der Waals surface area contributed by atoms with Crippen LogP contribution in [0.15, 0.2) is 28.0 Å². The summed E-state index contributed by atoms with van der Waals surface area (Å²) in [5.74, 6) is -2.19. The van der Waals surface area contributed by atoms with Crippen LogP contribution in [-0.4, -0.2) is 28.6 Å².